The van der Waals surface area contributed by atoms with Gasteiger partial charge in [0.25, 0.3) is 0 Å². The van der Waals surface area contributed by atoms with E-state index in [0.717, 1.165) is 28.1 Å². The molecule has 0 N–H and O–H groups in total. The zero-order valence-electron chi connectivity index (χ0n) is 18.9. The number of sulfonamides is 1. The van der Waals surface area contributed by atoms with Gasteiger partial charge < -0.3 is 4.74 Å². The minimum atomic E-state index is -3.62. The predicted molar refractivity (Wildman–Crippen MR) is 133 cm³/mol. The summed E-state index contributed by atoms with van der Waals surface area (Å²) >= 11 is 0. The zero-order valence-corrected chi connectivity index (χ0v) is 19.7. The van der Waals surface area contributed by atoms with E-state index in [9.17, 15) is 8.42 Å². The van der Waals surface area contributed by atoms with E-state index in [2.05, 4.69) is 5.10 Å². The van der Waals surface area contributed by atoms with Gasteiger partial charge in [-0.2, -0.15) is 14.6 Å². The van der Waals surface area contributed by atoms with Gasteiger partial charge >= 0.3 is 0 Å². The van der Waals surface area contributed by atoms with Crippen molar-refractivity contribution in [3.8, 4) is 22.7 Å². The van der Waals surface area contributed by atoms with Gasteiger partial charge in [0.2, 0.25) is 10.0 Å². The third-order valence-corrected chi connectivity index (χ3v) is 6.80. The van der Waals surface area contributed by atoms with Gasteiger partial charge in [-0.15, -0.1) is 0 Å². The SMILES string of the molecule is COc1cccc(-c2nn(-c3ccccc3)cc2[C@H]2CC(c3ccccc3)=NN2S(C)(=O)=O)c1. The van der Waals surface area contributed by atoms with Crippen molar-refractivity contribution in [2.75, 3.05) is 13.4 Å². The van der Waals surface area contributed by atoms with Crippen LogP contribution in [-0.2, 0) is 10.0 Å². The van der Waals surface area contributed by atoms with E-state index in [1.54, 1.807) is 11.8 Å². The summed E-state index contributed by atoms with van der Waals surface area (Å²) in [5.41, 5.74) is 4.80. The van der Waals surface area contributed by atoms with Crippen LogP contribution < -0.4 is 4.74 Å². The number of para-hydroxylation sites is 1. The lowest BCUT2D eigenvalue weighted by molar-refractivity contribution is 0.375. The molecule has 4 aromatic rings. The van der Waals surface area contributed by atoms with Crippen LogP contribution in [0.15, 0.2) is 96.2 Å². The third-order valence-electron chi connectivity index (χ3n) is 5.78. The first-order valence-electron chi connectivity index (χ1n) is 10.9. The Hall–Kier alpha value is -3.91. The zero-order chi connectivity index (χ0) is 23.7. The number of hydrogen-bond acceptors (Lipinski definition) is 5. The summed E-state index contributed by atoms with van der Waals surface area (Å²) in [6, 6.07) is 26.5. The van der Waals surface area contributed by atoms with Crippen LogP contribution in [0.25, 0.3) is 16.9 Å². The summed E-state index contributed by atoms with van der Waals surface area (Å²) in [4.78, 5) is 0. The summed E-state index contributed by atoms with van der Waals surface area (Å²) in [6.07, 6.45) is 3.52. The lowest BCUT2D eigenvalue weighted by Crippen LogP contribution is -2.26. The normalized spacial score (nSPS) is 15.9. The molecule has 0 saturated heterocycles. The van der Waals surface area contributed by atoms with E-state index in [1.165, 1.54) is 10.7 Å². The maximum absolute atomic E-state index is 12.8. The highest BCUT2D eigenvalue weighted by Gasteiger charge is 2.37. The Morgan fingerprint density at radius 1 is 0.912 bits per heavy atom. The molecular formula is C26H24N4O3S. The van der Waals surface area contributed by atoms with E-state index in [-0.39, 0.29) is 0 Å². The monoisotopic (exact) mass is 472 g/mol. The molecule has 5 rings (SSSR count). The molecule has 1 atom stereocenters. The number of ether oxygens (including phenoxy) is 1. The topological polar surface area (TPSA) is 76.8 Å². The molecule has 34 heavy (non-hydrogen) atoms. The molecule has 3 aromatic carbocycles. The van der Waals surface area contributed by atoms with Gasteiger partial charge in [-0.3, -0.25) is 0 Å². The largest absolute Gasteiger partial charge is 0.497 e. The van der Waals surface area contributed by atoms with Gasteiger partial charge in [-0.05, 0) is 29.8 Å². The number of aromatic nitrogens is 2. The van der Waals surface area contributed by atoms with Crippen LogP contribution in [0.4, 0.5) is 0 Å². The lowest BCUT2D eigenvalue weighted by Gasteiger charge is -2.21. The van der Waals surface area contributed by atoms with Gasteiger partial charge in [0.05, 0.1) is 36.5 Å². The second-order valence-electron chi connectivity index (χ2n) is 8.11. The molecule has 0 unspecified atom stereocenters. The Balaban J connectivity index is 1.66. The van der Waals surface area contributed by atoms with Crippen molar-refractivity contribution in [2.24, 2.45) is 5.10 Å². The standard InChI is InChI=1S/C26H24N4O3S/c1-33-22-15-9-12-20(16-22)26-23(18-29(28-26)21-13-7-4-8-14-21)25-17-24(19-10-5-3-6-11-19)27-30(25)34(2,31)32/h3-16,18,25H,17H2,1-2H3/t25-/m1/s1. The number of hydrogen-bond donors (Lipinski definition) is 0. The Bertz CT molecular complexity index is 1450. The van der Waals surface area contributed by atoms with Crippen molar-refractivity contribution in [2.45, 2.75) is 12.5 Å². The van der Waals surface area contributed by atoms with Crippen LogP contribution in [0, 0.1) is 0 Å². The first-order valence-corrected chi connectivity index (χ1v) is 12.7. The fraction of sp³-hybridized carbons (Fsp3) is 0.154. The van der Waals surface area contributed by atoms with Gasteiger partial charge in [0.1, 0.15) is 5.75 Å². The number of nitrogens with zero attached hydrogens (tertiary/aromatic N) is 4. The van der Waals surface area contributed by atoms with Gasteiger partial charge in [-0.25, -0.2) is 13.1 Å². The number of rotatable bonds is 6. The van der Waals surface area contributed by atoms with Gasteiger partial charge in [-0.1, -0.05) is 60.7 Å². The molecule has 0 bridgehead atoms. The fourth-order valence-electron chi connectivity index (χ4n) is 4.17. The molecular weight excluding hydrogens is 448 g/mol. The molecule has 172 valence electrons. The average Bonchev–Trinajstić information content (AvgIpc) is 3.50. The molecule has 0 saturated carbocycles. The van der Waals surface area contributed by atoms with Crippen molar-refractivity contribution in [1.82, 2.24) is 14.2 Å². The predicted octanol–water partition coefficient (Wildman–Crippen LogP) is 4.66. The smallest absolute Gasteiger partial charge is 0.247 e. The minimum absolute atomic E-state index is 0.439. The molecule has 2 heterocycles. The van der Waals surface area contributed by atoms with Crippen molar-refractivity contribution >= 4 is 15.7 Å². The number of hydrazone groups is 1. The van der Waals surface area contributed by atoms with Crippen LogP contribution in [0.1, 0.15) is 23.6 Å². The van der Waals surface area contributed by atoms with Crippen molar-refractivity contribution in [1.29, 1.82) is 0 Å². The second kappa shape index (κ2) is 8.79. The van der Waals surface area contributed by atoms with Gasteiger partial charge in [0, 0.05) is 23.7 Å². The van der Waals surface area contributed by atoms with Crippen LogP contribution >= 0.6 is 0 Å². The number of methoxy groups -OCH3 is 1. The molecule has 0 fully saturated rings. The van der Waals surface area contributed by atoms with Crippen molar-refractivity contribution in [3.05, 3.63) is 102 Å². The van der Waals surface area contributed by atoms with Crippen LogP contribution in [0.5, 0.6) is 5.75 Å². The molecule has 1 aromatic heterocycles. The number of benzene rings is 3. The lowest BCUT2D eigenvalue weighted by atomic mass is 9.97. The summed E-state index contributed by atoms with van der Waals surface area (Å²) in [5, 5.41) is 9.41. The van der Waals surface area contributed by atoms with Crippen molar-refractivity contribution < 1.29 is 13.2 Å². The van der Waals surface area contributed by atoms with Crippen LogP contribution in [0.3, 0.4) is 0 Å². The van der Waals surface area contributed by atoms with Gasteiger partial charge in [0.15, 0.2) is 0 Å². The minimum Gasteiger partial charge on any atom is -0.497 e. The summed E-state index contributed by atoms with van der Waals surface area (Å²) in [6.45, 7) is 0. The van der Waals surface area contributed by atoms with Crippen LogP contribution in [-0.4, -0.2) is 41.7 Å². The Labute approximate surface area is 199 Å². The molecule has 0 amide bonds. The maximum atomic E-state index is 12.8. The van der Waals surface area contributed by atoms with E-state index in [4.69, 9.17) is 9.84 Å². The third kappa shape index (κ3) is 4.20. The van der Waals surface area contributed by atoms with E-state index >= 15 is 0 Å². The van der Waals surface area contributed by atoms with Crippen LogP contribution in [0.2, 0.25) is 0 Å². The summed E-state index contributed by atoms with van der Waals surface area (Å²) in [7, 11) is -2.01. The molecule has 0 aliphatic carbocycles. The average molecular weight is 473 g/mol. The maximum Gasteiger partial charge on any atom is 0.247 e. The Morgan fingerprint density at radius 2 is 1.59 bits per heavy atom. The van der Waals surface area contributed by atoms with Crippen molar-refractivity contribution in [3.63, 3.8) is 0 Å². The second-order valence-corrected chi connectivity index (χ2v) is 9.95. The summed E-state index contributed by atoms with van der Waals surface area (Å²) in [5.74, 6) is 0.699. The molecule has 1 aliphatic heterocycles. The highest BCUT2D eigenvalue weighted by Crippen LogP contribution is 2.40. The highest BCUT2D eigenvalue weighted by molar-refractivity contribution is 7.88. The molecule has 1 aliphatic rings. The van der Waals surface area contributed by atoms with E-state index < -0.39 is 16.1 Å². The molecule has 0 spiro atoms. The Morgan fingerprint density at radius 3 is 2.26 bits per heavy atom. The molecule has 7 nitrogen and oxygen atoms in total. The quantitative estimate of drug-likeness (QED) is 0.409. The molecule has 8 heteroatoms. The first kappa shape index (κ1) is 21.9. The summed E-state index contributed by atoms with van der Waals surface area (Å²) < 4.78 is 34.0. The first-order chi connectivity index (χ1) is 16.4. The fourth-order valence-corrected chi connectivity index (χ4v) is 5.07. The molecule has 0 radical (unpaired) electrons. The van der Waals surface area contributed by atoms with E-state index in [0.29, 0.717) is 17.9 Å². The Kier molecular flexibility index (Phi) is 5.67. The highest BCUT2D eigenvalue weighted by atomic mass is 32.2. The van der Waals surface area contributed by atoms with E-state index in [1.807, 2.05) is 91.1 Å².